The molecule has 0 aromatic heterocycles. The zero-order chi connectivity index (χ0) is 4.99. The van der Waals surface area contributed by atoms with Crippen molar-refractivity contribution in [1.29, 1.82) is 0 Å². The number of halogens is 1. The minimum atomic E-state index is -0.726. The molecule has 0 saturated carbocycles. The molecule has 6 heavy (non-hydrogen) atoms. The molecular formula is C3H5ClPS+. The monoisotopic (exact) mass is 139 g/mol. The van der Waals surface area contributed by atoms with Crippen molar-refractivity contribution in [2.75, 3.05) is 0 Å². The third-order valence-electron chi connectivity index (χ3n) is 0.266. The van der Waals surface area contributed by atoms with Gasteiger partial charge in [-0.15, -0.1) is 0 Å². The van der Waals surface area contributed by atoms with Gasteiger partial charge in [0.05, 0.1) is 0 Å². The van der Waals surface area contributed by atoms with Gasteiger partial charge in [0.25, 0.3) is 0 Å². The lowest BCUT2D eigenvalue weighted by Crippen LogP contribution is -1.29. The van der Waals surface area contributed by atoms with E-state index in [-0.39, 0.29) is 0 Å². The summed E-state index contributed by atoms with van der Waals surface area (Å²) in [6.45, 7) is 1.91. The van der Waals surface area contributed by atoms with Gasteiger partial charge in [-0.05, 0) is 13.0 Å². The van der Waals surface area contributed by atoms with E-state index in [0.717, 1.165) is 0 Å². The second-order valence-corrected chi connectivity index (χ2v) is 4.47. The fourth-order valence-corrected chi connectivity index (χ4v) is 1.05. The van der Waals surface area contributed by atoms with Gasteiger partial charge in [-0.3, -0.25) is 0 Å². The lowest BCUT2D eigenvalue weighted by atomic mass is 10.8. The van der Waals surface area contributed by atoms with Crippen molar-refractivity contribution in [3.05, 3.63) is 11.9 Å². The van der Waals surface area contributed by atoms with E-state index in [1.165, 1.54) is 0 Å². The van der Waals surface area contributed by atoms with Crippen LogP contribution in [-0.4, -0.2) is 0 Å². The molecule has 0 fully saturated rings. The average molecular weight is 140 g/mol. The second kappa shape index (κ2) is 3.73. The van der Waals surface area contributed by atoms with Gasteiger partial charge in [0.2, 0.25) is 0 Å². The van der Waals surface area contributed by atoms with Gasteiger partial charge in [0, 0.05) is 0 Å². The molecule has 0 aromatic carbocycles. The van der Waals surface area contributed by atoms with Crippen molar-refractivity contribution >= 4 is 29.1 Å². The van der Waals surface area contributed by atoms with Crippen molar-refractivity contribution in [2.24, 2.45) is 0 Å². The molecule has 0 aliphatic carbocycles. The first-order valence-electron chi connectivity index (χ1n) is 1.52. The van der Waals surface area contributed by atoms with Crippen molar-refractivity contribution in [3.8, 4) is 0 Å². The Kier molecular flexibility index (Phi) is 4.07. The molecule has 0 aliphatic heterocycles. The molecule has 1 unspecified atom stereocenters. The summed E-state index contributed by atoms with van der Waals surface area (Å²) in [6.07, 6.45) is 1.87. The zero-order valence-electron chi connectivity index (χ0n) is 3.39. The lowest BCUT2D eigenvalue weighted by molar-refractivity contribution is 1.79. The van der Waals surface area contributed by atoms with Gasteiger partial charge in [0.15, 0.2) is 23.0 Å². The van der Waals surface area contributed by atoms with E-state index < -0.39 is 6.05 Å². The Morgan fingerprint density at radius 2 is 2.33 bits per heavy atom. The predicted octanol–water partition coefficient (Wildman–Crippen LogP) is 2.62. The Labute approximate surface area is 48.4 Å². The average Bonchev–Trinajstić information content (AvgIpc) is 1.35. The summed E-state index contributed by atoms with van der Waals surface area (Å²) in [4.78, 5) is 0. The highest BCUT2D eigenvalue weighted by molar-refractivity contribution is 8.18. The molecule has 0 rings (SSSR count). The van der Waals surface area contributed by atoms with Gasteiger partial charge in [0.1, 0.15) is 5.82 Å². The predicted molar refractivity (Wildman–Crippen MR) is 35.0 cm³/mol. The van der Waals surface area contributed by atoms with Gasteiger partial charge < -0.3 is 0 Å². The highest BCUT2D eigenvalue weighted by Crippen LogP contribution is 2.27. The minimum absolute atomic E-state index is 0.726. The van der Waals surface area contributed by atoms with Crippen LogP contribution in [0.1, 0.15) is 6.92 Å². The lowest BCUT2D eigenvalue weighted by Gasteiger charge is -1.52. The van der Waals surface area contributed by atoms with Gasteiger partial charge in [-0.2, -0.15) is 0 Å². The Morgan fingerprint density at radius 3 is 2.33 bits per heavy atom. The number of rotatable bonds is 1. The third-order valence-corrected chi connectivity index (χ3v) is 1.50. The normalized spacial score (nSPS) is 12.7. The van der Waals surface area contributed by atoms with Crippen LogP contribution in [0.2, 0.25) is 0 Å². The highest BCUT2D eigenvalue weighted by atomic mass is 35.7. The molecule has 0 aliphatic rings. The standard InChI is InChI=1S/C3H5ClPS/c1-2-3-5(4)6/h2-3H,1H3/q+1. The summed E-state index contributed by atoms with van der Waals surface area (Å²) < 4.78 is 0. The number of allylic oxidation sites excluding steroid dienone is 1. The van der Waals surface area contributed by atoms with Crippen LogP contribution in [0, 0.1) is 0 Å². The maximum absolute atomic E-state index is 5.37. The van der Waals surface area contributed by atoms with Crippen LogP contribution < -0.4 is 0 Å². The maximum atomic E-state index is 5.37. The Morgan fingerprint density at radius 1 is 1.83 bits per heavy atom. The largest absolute Gasteiger partial charge is 0.319 e. The Bertz CT molecular complexity index is 78.9. The second-order valence-electron chi connectivity index (χ2n) is 0.754. The maximum Gasteiger partial charge on any atom is 0.319 e. The third kappa shape index (κ3) is 4.55. The number of hydrogen-bond acceptors (Lipinski definition) is 1. The fraction of sp³-hybridized carbons (Fsp3) is 0.333. The molecule has 0 spiro atoms. The quantitative estimate of drug-likeness (QED) is 0.504. The van der Waals surface area contributed by atoms with E-state index in [4.69, 9.17) is 11.2 Å². The van der Waals surface area contributed by atoms with Crippen LogP contribution in [0.15, 0.2) is 11.9 Å². The van der Waals surface area contributed by atoms with Crippen molar-refractivity contribution in [1.82, 2.24) is 0 Å². The molecule has 3 heteroatoms. The fourth-order valence-electron chi connectivity index (χ4n) is 0.117. The molecule has 0 amide bonds. The molecule has 0 bridgehead atoms. The summed E-state index contributed by atoms with van der Waals surface area (Å²) in [7, 11) is 0. The van der Waals surface area contributed by atoms with Crippen molar-refractivity contribution in [2.45, 2.75) is 6.92 Å². The summed E-state index contributed by atoms with van der Waals surface area (Å²) in [5, 5.41) is 0. The Hall–Kier alpha value is 0.550. The van der Waals surface area contributed by atoms with Crippen LogP contribution in [-0.2, 0) is 11.8 Å². The van der Waals surface area contributed by atoms with E-state index in [1.54, 1.807) is 0 Å². The van der Waals surface area contributed by atoms with Crippen molar-refractivity contribution in [3.63, 3.8) is 0 Å². The first-order chi connectivity index (χ1) is 2.77. The molecule has 0 N–H and O–H groups in total. The summed E-state index contributed by atoms with van der Waals surface area (Å²) >= 11 is 9.99. The first-order valence-corrected chi connectivity index (χ1v) is 4.85. The molecule has 34 valence electrons. The molecule has 0 heterocycles. The number of hydrogen-bond donors (Lipinski definition) is 0. The summed E-state index contributed by atoms with van der Waals surface area (Å²) in [6, 6.07) is -0.726. The van der Waals surface area contributed by atoms with Crippen molar-refractivity contribution < 1.29 is 0 Å². The van der Waals surface area contributed by atoms with Gasteiger partial charge >= 0.3 is 6.05 Å². The minimum Gasteiger partial charge on any atom is -0.0429 e. The molecular weight excluding hydrogens is 135 g/mol. The molecule has 0 radical (unpaired) electrons. The van der Waals surface area contributed by atoms with Gasteiger partial charge in [-0.1, -0.05) is 0 Å². The molecule has 0 saturated heterocycles. The van der Waals surface area contributed by atoms with Crippen LogP contribution in [0.5, 0.6) is 0 Å². The molecule has 1 atom stereocenters. The van der Waals surface area contributed by atoms with E-state index in [9.17, 15) is 0 Å². The van der Waals surface area contributed by atoms with E-state index in [0.29, 0.717) is 0 Å². The van der Waals surface area contributed by atoms with Crippen LogP contribution in [0.4, 0.5) is 0 Å². The highest BCUT2D eigenvalue weighted by Gasteiger charge is 1.90. The van der Waals surface area contributed by atoms with E-state index in [1.807, 2.05) is 18.8 Å². The molecule has 0 aromatic rings. The van der Waals surface area contributed by atoms with Crippen LogP contribution in [0.3, 0.4) is 0 Å². The SMILES string of the molecule is CC=C[P+](=S)Cl. The zero-order valence-corrected chi connectivity index (χ0v) is 5.85. The topological polar surface area (TPSA) is 0 Å². The van der Waals surface area contributed by atoms with E-state index >= 15 is 0 Å². The first kappa shape index (κ1) is 6.55. The van der Waals surface area contributed by atoms with Crippen LogP contribution >= 0.6 is 17.3 Å². The summed E-state index contributed by atoms with van der Waals surface area (Å²) in [5.74, 6) is 1.81. The van der Waals surface area contributed by atoms with E-state index in [2.05, 4.69) is 11.8 Å². The molecule has 0 nitrogen and oxygen atoms in total. The van der Waals surface area contributed by atoms with Crippen LogP contribution in [0.25, 0.3) is 0 Å². The Balaban J connectivity index is 3.30. The summed E-state index contributed by atoms with van der Waals surface area (Å²) in [5.41, 5.74) is 0. The smallest absolute Gasteiger partial charge is 0.0429 e. The van der Waals surface area contributed by atoms with Gasteiger partial charge in [-0.25, -0.2) is 0 Å².